The molecule has 0 bridgehead atoms. The standard InChI is InChI=1S/C20H30N6O/c1-2-21-20(22-8-4-10-25-12-14-27-15-13-25)23-17-18-6-3-7-19(16-18)26-11-5-9-24-26/h3,5-7,9,11,16H,2,4,8,10,12-15,17H2,1H3,(H2,21,22,23). The Balaban J connectivity index is 1.48. The molecule has 27 heavy (non-hydrogen) atoms. The van der Waals surface area contributed by atoms with Crippen LogP contribution in [0.3, 0.4) is 0 Å². The van der Waals surface area contributed by atoms with Gasteiger partial charge in [-0.15, -0.1) is 0 Å². The van der Waals surface area contributed by atoms with Crippen molar-refractivity contribution in [2.24, 2.45) is 4.99 Å². The van der Waals surface area contributed by atoms with E-state index in [1.807, 2.05) is 23.0 Å². The van der Waals surface area contributed by atoms with Crippen molar-refractivity contribution in [3.63, 3.8) is 0 Å². The number of guanidine groups is 1. The average molecular weight is 371 g/mol. The van der Waals surface area contributed by atoms with Crippen LogP contribution in [-0.4, -0.2) is 66.6 Å². The topological polar surface area (TPSA) is 66.7 Å². The van der Waals surface area contributed by atoms with Crippen LogP contribution in [0.2, 0.25) is 0 Å². The Kier molecular flexibility index (Phi) is 7.68. The Bertz CT molecular complexity index is 694. The molecule has 1 fully saturated rings. The Morgan fingerprint density at radius 1 is 1.22 bits per heavy atom. The molecule has 0 unspecified atom stereocenters. The molecule has 0 radical (unpaired) electrons. The minimum absolute atomic E-state index is 0.633. The summed E-state index contributed by atoms with van der Waals surface area (Å²) in [5, 5.41) is 11.0. The number of nitrogens with zero attached hydrogens (tertiary/aromatic N) is 4. The normalized spacial score (nSPS) is 15.7. The van der Waals surface area contributed by atoms with Crippen molar-refractivity contribution >= 4 is 5.96 Å². The minimum Gasteiger partial charge on any atom is -0.379 e. The fourth-order valence-electron chi connectivity index (χ4n) is 3.07. The van der Waals surface area contributed by atoms with Crippen molar-refractivity contribution in [1.82, 2.24) is 25.3 Å². The molecule has 0 spiro atoms. The van der Waals surface area contributed by atoms with E-state index in [2.05, 4.69) is 45.8 Å². The highest BCUT2D eigenvalue weighted by Gasteiger charge is 2.09. The first-order valence-electron chi connectivity index (χ1n) is 9.76. The smallest absolute Gasteiger partial charge is 0.191 e. The van der Waals surface area contributed by atoms with Crippen LogP contribution in [-0.2, 0) is 11.3 Å². The Morgan fingerprint density at radius 2 is 2.11 bits per heavy atom. The van der Waals surface area contributed by atoms with E-state index in [0.29, 0.717) is 6.54 Å². The van der Waals surface area contributed by atoms with Crippen molar-refractivity contribution in [2.45, 2.75) is 19.9 Å². The van der Waals surface area contributed by atoms with Crippen molar-refractivity contribution in [3.8, 4) is 5.69 Å². The van der Waals surface area contributed by atoms with E-state index >= 15 is 0 Å². The van der Waals surface area contributed by atoms with E-state index in [-0.39, 0.29) is 0 Å². The van der Waals surface area contributed by atoms with Gasteiger partial charge in [0.1, 0.15) is 0 Å². The number of morpholine rings is 1. The lowest BCUT2D eigenvalue weighted by molar-refractivity contribution is 0.0376. The van der Waals surface area contributed by atoms with Crippen molar-refractivity contribution in [1.29, 1.82) is 0 Å². The molecular formula is C20H30N6O. The average Bonchev–Trinajstić information content (AvgIpc) is 3.25. The third kappa shape index (κ3) is 6.37. The van der Waals surface area contributed by atoms with Gasteiger partial charge in [0.05, 0.1) is 25.4 Å². The molecule has 7 heteroatoms. The van der Waals surface area contributed by atoms with Crippen LogP contribution in [0.1, 0.15) is 18.9 Å². The van der Waals surface area contributed by atoms with Gasteiger partial charge in [-0.05, 0) is 43.7 Å². The third-order valence-electron chi connectivity index (χ3n) is 4.49. The third-order valence-corrected chi connectivity index (χ3v) is 4.49. The molecule has 1 aromatic carbocycles. The summed E-state index contributed by atoms with van der Waals surface area (Å²) < 4.78 is 7.25. The molecule has 2 N–H and O–H groups in total. The van der Waals surface area contributed by atoms with Crippen LogP contribution in [0.15, 0.2) is 47.7 Å². The molecule has 1 aliphatic heterocycles. The van der Waals surface area contributed by atoms with Gasteiger partial charge in [0.25, 0.3) is 0 Å². The van der Waals surface area contributed by atoms with Gasteiger partial charge in [0, 0.05) is 38.6 Å². The first kappa shape index (κ1) is 19.4. The summed E-state index contributed by atoms with van der Waals surface area (Å²) >= 11 is 0. The molecule has 7 nitrogen and oxygen atoms in total. The van der Waals surface area contributed by atoms with Gasteiger partial charge < -0.3 is 15.4 Å². The number of benzene rings is 1. The molecule has 1 aromatic heterocycles. The second-order valence-corrected chi connectivity index (χ2v) is 6.55. The van der Waals surface area contributed by atoms with Crippen molar-refractivity contribution in [3.05, 3.63) is 48.3 Å². The van der Waals surface area contributed by atoms with E-state index in [1.54, 1.807) is 6.20 Å². The first-order chi connectivity index (χ1) is 13.3. The molecule has 0 atom stereocenters. The molecule has 0 aliphatic carbocycles. The lowest BCUT2D eigenvalue weighted by atomic mass is 10.2. The van der Waals surface area contributed by atoms with Gasteiger partial charge in [-0.25, -0.2) is 9.67 Å². The van der Waals surface area contributed by atoms with Crippen molar-refractivity contribution in [2.75, 3.05) is 45.9 Å². The van der Waals surface area contributed by atoms with Gasteiger partial charge in [0.15, 0.2) is 5.96 Å². The molecule has 1 saturated heterocycles. The maximum Gasteiger partial charge on any atom is 0.191 e. The van der Waals surface area contributed by atoms with Gasteiger partial charge in [-0.3, -0.25) is 4.90 Å². The first-order valence-corrected chi connectivity index (χ1v) is 9.76. The van der Waals surface area contributed by atoms with Gasteiger partial charge in [-0.1, -0.05) is 12.1 Å². The molecule has 0 amide bonds. The van der Waals surface area contributed by atoms with E-state index in [0.717, 1.165) is 69.6 Å². The summed E-state index contributed by atoms with van der Waals surface area (Å²) in [5.74, 6) is 0.865. The number of aliphatic imine (C=N–C) groups is 1. The lowest BCUT2D eigenvalue weighted by Crippen LogP contribution is -2.40. The summed E-state index contributed by atoms with van der Waals surface area (Å²) in [7, 11) is 0. The second kappa shape index (κ2) is 10.7. The van der Waals surface area contributed by atoms with Gasteiger partial charge in [0.2, 0.25) is 0 Å². The molecule has 1 aliphatic rings. The molecule has 146 valence electrons. The van der Waals surface area contributed by atoms with Crippen LogP contribution in [0.4, 0.5) is 0 Å². The quantitative estimate of drug-likeness (QED) is 0.420. The second-order valence-electron chi connectivity index (χ2n) is 6.55. The zero-order chi connectivity index (χ0) is 18.7. The van der Waals surface area contributed by atoms with E-state index in [9.17, 15) is 0 Å². The molecular weight excluding hydrogens is 340 g/mol. The monoisotopic (exact) mass is 370 g/mol. The largest absolute Gasteiger partial charge is 0.379 e. The molecule has 2 aromatic rings. The predicted molar refractivity (Wildman–Crippen MR) is 108 cm³/mol. The highest BCUT2D eigenvalue weighted by atomic mass is 16.5. The summed E-state index contributed by atoms with van der Waals surface area (Å²) in [6, 6.07) is 10.2. The number of rotatable bonds is 8. The van der Waals surface area contributed by atoms with Crippen molar-refractivity contribution < 1.29 is 4.74 Å². The maximum absolute atomic E-state index is 5.39. The Hall–Kier alpha value is -2.38. The SMILES string of the molecule is CCNC(=NCc1cccc(-n2cccn2)c1)NCCCN1CCOCC1. The molecule has 2 heterocycles. The summed E-state index contributed by atoms with van der Waals surface area (Å²) in [6.07, 6.45) is 4.83. The maximum atomic E-state index is 5.39. The molecule has 3 rings (SSSR count). The highest BCUT2D eigenvalue weighted by molar-refractivity contribution is 5.79. The fraction of sp³-hybridized carbons (Fsp3) is 0.500. The minimum atomic E-state index is 0.633. The van der Waals surface area contributed by atoms with E-state index in [4.69, 9.17) is 9.73 Å². The zero-order valence-electron chi connectivity index (χ0n) is 16.1. The summed E-state index contributed by atoms with van der Waals surface area (Å²) in [6.45, 7) is 9.38. The lowest BCUT2D eigenvalue weighted by Gasteiger charge is -2.26. The van der Waals surface area contributed by atoms with Crippen LogP contribution >= 0.6 is 0 Å². The van der Waals surface area contributed by atoms with Gasteiger partial charge in [-0.2, -0.15) is 5.10 Å². The van der Waals surface area contributed by atoms with E-state index in [1.165, 1.54) is 0 Å². The molecule has 0 saturated carbocycles. The number of hydrogen-bond acceptors (Lipinski definition) is 4. The Labute approximate surface area is 161 Å². The highest BCUT2D eigenvalue weighted by Crippen LogP contribution is 2.10. The number of hydrogen-bond donors (Lipinski definition) is 2. The predicted octanol–water partition coefficient (Wildman–Crippen LogP) is 1.65. The number of ether oxygens (including phenoxy) is 1. The summed E-state index contributed by atoms with van der Waals surface area (Å²) in [5.41, 5.74) is 2.21. The fourth-order valence-corrected chi connectivity index (χ4v) is 3.07. The van der Waals surface area contributed by atoms with E-state index < -0.39 is 0 Å². The number of nitrogens with one attached hydrogen (secondary N) is 2. The summed E-state index contributed by atoms with van der Waals surface area (Å²) in [4.78, 5) is 7.18. The zero-order valence-corrected chi connectivity index (χ0v) is 16.1. The van der Waals surface area contributed by atoms with Gasteiger partial charge >= 0.3 is 0 Å². The van der Waals surface area contributed by atoms with Crippen LogP contribution in [0, 0.1) is 0 Å². The van der Waals surface area contributed by atoms with Crippen LogP contribution < -0.4 is 10.6 Å². The Morgan fingerprint density at radius 3 is 2.89 bits per heavy atom. The van der Waals surface area contributed by atoms with Crippen LogP contribution in [0.5, 0.6) is 0 Å². The number of aromatic nitrogens is 2. The van der Waals surface area contributed by atoms with Crippen LogP contribution in [0.25, 0.3) is 5.69 Å².